The van der Waals surface area contributed by atoms with Gasteiger partial charge in [0.15, 0.2) is 0 Å². The third kappa shape index (κ3) is 2.42. The largest absolute Gasteiger partial charge is 0.423 e. The molecule has 2 aliphatic rings. The van der Waals surface area contributed by atoms with E-state index in [4.69, 9.17) is 4.42 Å². The van der Waals surface area contributed by atoms with Crippen LogP contribution in [0.2, 0.25) is 0 Å². The molecule has 0 radical (unpaired) electrons. The molecule has 1 aromatic carbocycles. The predicted molar refractivity (Wildman–Crippen MR) is 92.4 cm³/mol. The summed E-state index contributed by atoms with van der Waals surface area (Å²) >= 11 is 0. The van der Waals surface area contributed by atoms with Crippen LogP contribution in [-0.2, 0) is 29.0 Å². The highest BCUT2D eigenvalue weighted by Crippen LogP contribution is 2.29. The van der Waals surface area contributed by atoms with Gasteiger partial charge in [0.25, 0.3) is 0 Å². The first-order valence-electron chi connectivity index (χ1n) is 8.64. The molecule has 0 atom stereocenters. The van der Waals surface area contributed by atoms with Crippen molar-refractivity contribution in [1.29, 1.82) is 0 Å². The molecule has 0 unspecified atom stereocenters. The maximum absolute atomic E-state index is 12.5. The van der Waals surface area contributed by atoms with Crippen molar-refractivity contribution in [2.24, 2.45) is 0 Å². The fourth-order valence-corrected chi connectivity index (χ4v) is 3.71. The summed E-state index contributed by atoms with van der Waals surface area (Å²) in [6.07, 6.45) is 2.94. The van der Waals surface area contributed by atoms with Gasteiger partial charge >= 0.3 is 23.5 Å². The van der Waals surface area contributed by atoms with Gasteiger partial charge in [-0.25, -0.2) is 9.59 Å². The fraction of sp³-hybridized carbons (Fsp3) is 0.368. The van der Waals surface area contributed by atoms with Crippen molar-refractivity contribution in [1.82, 2.24) is 9.80 Å². The zero-order chi connectivity index (χ0) is 18.6. The van der Waals surface area contributed by atoms with Crippen LogP contribution in [0.15, 0.2) is 27.4 Å². The summed E-state index contributed by atoms with van der Waals surface area (Å²) < 4.78 is 5.30. The topological polar surface area (TPSA) is 87.9 Å². The van der Waals surface area contributed by atoms with Crippen molar-refractivity contribution in [3.05, 3.63) is 45.3 Å². The minimum absolute atomic E-state index is 0.131. The molecule has 0 spiro atoms. The fourth-order valence-electron chi connectivity index (χ4n) is 3.71. The number of amides is 4. The Morgan fingerprint density at radius 3 is 2.35 bits per heavy atom. The summed E-state index contributed by atoms with van der Waals surface area (Å²) in [6, 6.07) is 4.04. The SMILES string of the molecule is CC(C)N1C(=O)C(=O)N(Cc2cc(=O)oc3cc4c(cc23)CCC4)C1=O. The van der Waals surface area contributed by atoms with Crippen LogP contribution in [0.3, 0.4) is 0 Å². The molecule has 7 heteroatoms. The van der Waals surface area contributed by atoms with Gasteiger partial charge in [-0.2, -0.15) is 0 Å². The third-order valence-corrected chi connectivity index (χ3v) is 4.97. The lowest BCUT2D eigenvalue weighted by Gasteiger charge is -2.18. The molecule has 134 valence electrons. The Morgan fingerprint density at radius 2 is 1.69 bits per heavy atom. The lowest BCUT2D eigenvalue weighted by Crippen LogP contribution is -2.38. The zero-order valence-corrected chi connectivity index (χ0v) is 14.6. The van der Waals surface area contributed by atoms with Crippen molar-refractivity contribution in [3.8, 4) is 0 Å². The van der Waals surface area contributed by atoms with Crippen LogP contribution < -0.4 is 5.63 Å². The molecule has 1 fully saturated rings. The van der Waals surface area contributed by atoms with E-state index in [9.17, 15) is 19.2 Å². The second-order valence-electron chi connectivity index (χ2n) is 7.00. The molecule has 4 rings (SSSR count). The van der Waals surface area contributed by atoms with Gasteiger partial charge in [-0.1, -0.05) is 0 Å². The molecule has 1 aromatic heterocycles. The van der Waals surface area contributed by atoms with Crippen LogP contribution in [0.25, 0.3) is 11.0 Å². The molecule has 2 aromatic rings. The smallest absolute Gasteiger partial charge is 0.336 e. The molecule has 26 heavy (non-hydrogen) atoms. The lowest BCUT2D eigenvalue weighted by molar-refractivity contribution is -0.144. The summed E-state index contributed by atoms with van der Waals surface area (Å²) in [7, 11) is 0. The van der Waals surface area contributed by atoms with Crippen LogP contribution in [-0.4, -0.2) is 33.7 Å². The number of benzene rings is 1. The number of carbonyl (C=O) groups excluding carboxylic acids is 3. The average molecular weight is 354 g/mol. The van der Waals surface area contributed by atoms with Crippen LogP contribution in [0.1, 0.15) is 37.0 Å². The third-order valence-electron chi connectivity index (χ3n) is 4.97. The maximum Gasteiger partial charge on any atom is 0.336 e. The molecule has 2 heterocycles. The summed E-state index contributed by atoms with van der Waals surface area (Å²) in [5.41, 5.74) is 2.75. The van der Waals surface area contributed by atoms with Gasteiger partial charge in [0.05, 0.1) is 6.54 Å². The van der Waals surface area contributed by atoms with E-state index < -0.39 is 29.5 Å². The van der Waals surface area contributed by atoms with Crippen molar-refractivity contribution in [2.75, 3.05) is 0 Å². The molecular weight excluding hydrogens is 336 g/mol. The maximum atomic E-state index is 12.5. The monoisotopic (exact) mass is 354 g/mol. The Labute approximate surface area is 149 Å². The van der Waals surface area contributed by atoms with E-state index in [0.717, 1.165) is 34.6 Å². The number of hydrogen-bond donors (Lipinski definition) is 0. The highest BCUT2D eigenvalue weighted by Gasteiger charge is 2.45. The van der Waals surface area contributed by atoms with E-state index >= 15 is 0 Å². The first kappa shape index (κ1) is 16.5. The Bertz CT molecular complexity index is 1020. The Kier molecular flexibility index (Phi) is 3.68. The summed E-state index contributed by atoms with van der Waals surface area (Å²) in [5, 5.41) is 0.696. The number of hydrogen-bond acceptors (Lipinski definition) is 5. The van der Waals surface area contributed by atoms with E-state index in [1.807, 2.05) is 12.1 Å². The van der Waals surface area contributed by atoms with Crippen LogP contribution in [0, 0.1) is 0 Å². The minimum atomic E-state index is -0.869. The van der Waals surface area contributed by atoms with Gasteiger partial charge in [0.1, 0.15) is 5.58 Å². The molecule has 1 aliphatic carbocycles. The number of urea groups is 1. The van der Waals surface area contributed by atoms with Gasteiger partial charge in [-0.05, 0) is 61.9 Å². The molecule has 0 saturated carbocycles. The van der Waals surface area contributed by atoms with Gasteiger partial charge in [0.2, 0.25) is 0 Å². The molecule has 1 aliphatic heterocycles. The quantitative estimate of drug-likeness (QED) is 0.478. The lowest BCUT2D eigenvalue weighted by atomic mass is 10.0. The zero-order valence-electron chi connectivity index (χ0n) is 14.6. The van der Waals surface area contributed by atoms with Gasteiger partial charge in [0, 0.05) is 17.5 Å². The van der Waals surface area contributed by atoms with E-state index in [1.165, 1.54) is 11.6 Å². The van der Waals surface area contributed by atoms with Crippen molar-refractivity contribution in [2.45, 2.75) is 45.7 Å². The first-order chi connectivity index (χ1) is 12.4. The van der Waals surface area contributed by atoms with Crippen LogP contribution >= 0.6 is 0 Å². The second kappa shape index (κ2) is 5.79. The Morgan fingerprint density at radius 1 is 1.00 bits per heavy atom. The number of imide groups is 2. The Hall–Kier alpha value is -2.96. The second-order valence-corrected chi connectivity index (χ2v) is 7.00. The highest BCUT2D eigenvalue weighted by molar-refractivity contribution is 6.44. The molecule has 0 N–H and O–H groups in total. The molecule has 1 saturated heterocycles. The molecule has 7 nitrogen and oxygen atoms in total. The number of carbonyl (C=O) groups is 3. The summed E-state index contributed by atoms with van der Waals surface area (Å²) in [5.74, 6) is -1.70. The van der Waals surface area contributed by atoms with Gasteiger partial charge < -0.3 is 4.42 Å². The van der Waals surface area contributed by atoms with Gasteiger partial charge in [-0.15, -0.1) is 0 Å². The minimum Gasteiger partial charge on any atom is -0.423 e. The van der Waals surface area contributed by atoms with E-state index in [2.05, 4.69) is 0 Å². The molecule has 0 bridgehead atoms. The van der Waals surface area contributed by atoms with Crippen molar-refractivity contribution in [3.63, 3.8) is 0 Å². The number of rotatable bonds is 3. The number of fused-ring (bicyclic) bond motifs is 2. The first-order valence-corrected chi connectivity index (χ1v) is 8.64. The predicted octanol–water partition coefficient (Wildman–Crippen LogP) is 1.98. The average Bonchev–Trinajstić information content (AvgIpc) is 3.11. The van der Waals surface area contributed by atoms with E-state index in [1.54, 1.807) is 13.8 Å². The summed E-state index contributed by atoms with van der Waals surface area (Å²) in [6.45, 7) is 3.21. The number of aryl methyl sites for hydroxylation is 2. The van der Waals surface area contributed by atoms with E-state index in [0.29, 0.717) is 16.5 Å². The standard InChI is InChI=1S/C19H18N2O5/c1-10(2)21-18(24)17(23)20(19(21)25)9-13-8-16(22)26-15-7-12-5-3-4-11(12)6-14(13)15/h6-8,10H,3-5,9H2,1-2H3. The van der Waals surface area contributed by atoms with Crippen LogP contribution in [0.5, 0.6) is 0 Å². The summed E-state index contributed by atoms with van der Waals surface area (Å²) in [4.78, 5) is 50.6. The Balaban J connectivity index is 1.78. The van der Waals surface area contributed by atoms with E-state index in [-0.39, 0.29) is 6.54 Å². The van der Waals surface area contributed by atoms with Gasteiger partial charge in [-0.3, -0.25) is 19.4 Å². The highest BCUT2D eigenvalue weighted by atomic mass is 16.4. The molecule has 4 amide bonds. The normalized spacial score (nSPS) is 17.1. The van der Waals surface area contributed by atoms with Crippen molar-refractivity contribution < 1.29 is 18.8 Å². The molecular formula is C19H18N2O5. The van der Waals surface area contributed by atoms with Crippen molar-refractivity contribution >= 4 is 28.8 Å². The van der Waals surface area contributed by atoms with Crippen LogP contribution in [0.4, 0.5) is 4.79 Å². The number of nitrogens with zero attached hydrogens (tertiary/aromatic N) is 2.